The zero-order chi connectivity index (χ0) is 10.6. The highest BCUT2D eigenvalue weighted by Gasteiger charge is 2.34. The van der Waals surface area contributed by atoms with E-state index in [9.17, 15) is 0 Å². The van der Waals surface area contributed by atoms with Crippen molar-refractivity contribution in [1.82, 2.24) is 0 Å². The highest BCUT2D eigenvalue weighted by molar-refractivity contribution is 14.1. The number of rotatable bonds is 3. The maximum atomic E-state index is 6.46. The van der Waals surface area contributed by atoms with E-state index in [-0.39, 0.29) is 5.60 Å². The molecule has 2 saturated carbocycles. The van der Waals surface area contributed by atoms with Crippen LogP contribution in [0, 0.1) is 0 Å². The minimum atomic E-state index is 0.265. The highest BCUT2D eigenvalue weighted by Crippen LogP contribution is 2.36. The second-order valence-corrected chi connectivity index (χ2v) is 6.02. The predicted octanol–water partition coefficient (Wildman–Crippen LogP) is 4.47. The Kier molecular flexibility index (Phi) is 4.74. The van der Waals surface area contributed by atoms with Gasteiger partial charge >= 0.3 is 0 Å². The Morgan fingerprint density at radius 2 is 1.53 bits per heavy atom. The fraction of sp³-hybridized carbons (Fsp3) is 1.00. The predicted molar refractivity (Wildman–Crippen MR) is 72.7 cm³/mol. The minimum Gasteiger partial charge on any atom is -0.371 e. The van der Waals surface area contributed by atoms with Gasteiger partial charge in [-0.1, -0.05) is 61.1 Å². The molecule has 0 aliphatic heterocycles. The first-order valence-electron chi connectivity index (χ1n) is 6.58. The molecule has 15 heavy (non-hydrogen) atoms. The summed E-state index contributed by atoms with van der Waals surface area (Å²) in [5, 5.41) is 0. The lowest BCUT2D eigenvalue weighted by Crippen LogP contribution is -2.40. The van der Waals surface area contributed by atoms with Crippen LogP contribution in [0.25, 0.3) is 0 Å². The van der Waals surface area contributed by atoms with Gasteiger partial charge in [-0.25, -0.2) is 0 Å². The molecular weight excluding hydrogens is 299 g/mol. The molecule has 0 amide bonds. The smallest absolute Gasteiger partial charge is 0.0775 e. The van der Waals surface area contributed by atoms with Crippen molar-refractivity contribution in [3.63, 3.8) is 0 Å². The van der Waals surface area contributed by atoms with Crippen LogP contribution in [-0.4, -0.2) is 16.1 Å². The van der Waals surface area contributed by atoms with Crippen molar-refractivity contribution in [2.75, 3.05) is 4.43 Å². The van der Waals surface area contributed by atoms with Crippen LogP contribution in [0.2, 0.25) is 0 Å². The Labute approximate surface area is 107 Å². The van der Waals surface area contributed by atoms with Gasteiger partial charge in [-0.3, -0.25) is 0 Å². The van der Waals surface area contributed by atoms with Crippen molar-refractivity contribution >= 4 is 22.6 Å². The molecule has 0 aromatic carbocycles. The van der Waals surface area contributed by atoms with Gasteiger partial charge in [0.25, 0.3) is 0 Å². The van der Waals surface area contributed by atoms with E-state index >= 15 is 0 Å². The summed E-state index contributed by atoms with van der Waals surface area (Å²) in [6, 6.07) is 0. The van der Waals surface area contributed by atoms with Crippen molar-refractivity contribution in [3.05, 3.63) is 0 Å². The average molecular weight is 322 g/mol. The van der Waals surface area contributed by atoms with Crippen LogP contribution >= 0.6 is 22.6 Å². The third-order valence-electron chi connectivity index (χ3n) is 3.98. The number of alkyl halides is 1. The molecule has 2 heteroatoms. The molecular formula is C13H23IO. The van der Waals surface area contributed by atoms with Crippen molar-refractivity contribution in [2.24, 2.45) is 0 Å². The second kappa shape index (κ2) is 5.85. The van der Waals surface area contributed by atoms with Gasteiger partial charge in [0, 0.05) is 4.43 Å². The van der Waals surface area contributed by atoms with E-state index in [0.29, 0.717) is 6.10 Å². The fourth-order valence-electron chi connectivity index (χ4n) is 3.02. The van der Waals surface area contributed by atoms with Crippen molar-refractivity contribution in [2.45, 2.75) is 75.9 Å². The van der Waals surface area contributed by atoms with Gasteiger partial charge < -0.3 is 4.74 Å². The standard InChI is InChI=1S/C13H23IO/c14-11-13(9-5-2-6-10-13)15-12-7-3-1-4-8-12/h12H,1-11H2. The maximum absolute atomic E-state index is 6.46. The van der Waals surface area contributed by atoms with Crippen LogP contribution in [0.15, 0.2) is 0 Å². The van der Waals surface area contributed by atoms with Crippen molar-refractivity contribution in [1.29, 1.82) is 0 Å². The van der Waals surface area contributed by atoms with Crippen LogP contribution in [-0.2, 0) is 4.74 Å². The summed E-state index contributed by atoms with van der Waals surface area (Å²) in [5.74, 6) is 0. The Morgan fingerprint density at radius 1 is 0.933 bits per heavy atom. The van der Waals surface area contributed by atoms with E-state index in [1.807, 2.05) is 0 Å². The van der Waals surface area contributed by atoms with Crippen LogP contribution in [0.3, 0.4) is 0 Å². The largest absolute Gasteiger partial charge is 0.371 e. The third-order valence-corrected chi connectivity index (χ3v) is 5.37. The van der Waals surface area contributed by atoms with Crippen LogP contribution in [0.4, 0.5) is 0 Å². The van der Waals surface area contributed by atoms with E-state index < -0.39 is 0 Å². The molecule has 1 nitrogen and oxygen atoms in total. The van der Waals surface area contributed by atoms with Gasteiger partial charge in [0.2, 0.25) is 0 Å². The van der Waals surface area contributed by atoms with Crippen LogP contribution < -0.4 is 0 Å². The first-order chi connectivity index (χ1) is 7.35. The lowest BCUT2D eigenvalue weighted by molar-refractivity contribution is -0.107. The SMILES string of the molecule is ICC1(OC2CCCCC2)CCCCC1. The van der Waals surface area contributed by atoms with E-state index in [1.54, 1.807) is 0 Å². The van der Waals surface area contributed by atoms with E-state index in [0.717, 1.165) is 0 Å². The molecule has 2 fully saturated rings. The van der Waals surface area contributed by atoms with Gasteiger partial charge in [0.05, 0.1) is 11.7 Å². The molecule has 0 aromatic heterocycles. The second-order valence-electron chi connectivity index (χ2n) is 5.26. The Balaban J connectivity index is 1.87. The van der Waals surface area contributed by atoms with Gasteiger partial charge in [-0.2, -0.15) is 0 Å². The normalized spacial score (nSPS) is 27.8. The number of ether oxygens (including phenoxy) is 1. The molecule has 0 aromatic rings. The topological polar surface area (TPSA) is 9.23 Å². The first kappa shape index (κ1) is 12.2. The van der Waals surface area contributed by atoms with E-state index in [1.165, 1.54) is 68.6 Å². The lowest BCUT2D eigenvalue weighted by atomic mass is 9.85. The first-order valence-corrected chi connectivity index (χ1v) is 8.11. The van der Waals surface area contributed by atoms with Gasteiger partial charge in [0.15, 0.2) is 0 Å². The summed E-state index contributed by atoms with van der Waals surface area (Å²) in [6.07, 6.45) is 14.3. The Bertz CT molecular complexity index is 181. The summed E-state index contributed by atoms with van der Waals surface area (Å²) in [4.78, 5) is 0. The summed E-state index contributed by atoms with van der Waals surface area (Å²) in [5.41, 5.74) is 0.265. The lowest BCUT2D eigenvalue weighted by Gasteiger charge is -2.40. The van der Waals surface area contributed by atoms with Crippen molar-refractivity contribution in [3.8, 4) is 0 Å². The maximum Gasteiger partial charge on any atom is 0.0775 e. The molecule has 0 N–H and O–H groups in total. The molecule has 2 aliphatic carbocycles. The summed E-state index contributed by atoms with van der Waals surface area (Å²) in [7, 11) is 0. The molecule has 2 aliphatic rings. The molecule has 0 heterocycles. The molecule has 0 atom stereocenters. The fourth-order valence-corrected chi connectivity index (χ4v) is 3.96. The zero-order valence-corrected chi connectivity index (χ0v) is 11.8. The number of halogens is 1. The minimum absolute atomic E-state index is 0.265. The number of hydrogen-bond donors (Lipinski definition) is 0. The number of hydrogen-bond acceptors (Lipinski definition) is 1. The van der Waals surface area contributed by atoms with E-state index in [2.05, 4.69) is 22.6 Å². The van der Waals surface area contributed by atoms with E-state index in [4.69, 9.17) is 4.74 Å². The molecule has 0 unspecified atom stereocenters. The molecule has 0 bridgehead atoms. The van der Waals surface area contributed by atoms with Crippen LogP contribution in [0.5, 0.6) is 0 Å². The van der Waals surface area contributed by atoms with Gasteiger partial charge in [-0.15, -0.1) is 0 Å². The molecule has 2 rings (SSSR count). The quantitative estimate of drug-likeness (QED) is 0.550. The van der Waals surface area contributed by atoms with Crippen LogP contribution in [0.1, 0.15) is 64.2 Å². The third kappa shape index (κ3) is 3.32. The van der Waals surface area contributed by atoms with Gasteiger partial charge in [-0.05, 0) is 25.7 Å². The molecule has 0 radical (unpaired) electrons. The Morgan fingerprint density at radius 3 is 2.13 bits per heavy atom. The Hall–Kier alpha value is 0.690. The zero-order valence-electron chi connectivity index (χ0n) is 9.64. The van der Waals surface area contributed by atoms with Crippen molar-refractivity contribution < 1.29 is 4.74 Å². The average Bonchev–Trinajstić information content (AvgIpc) is 2.32. The molecule has 88 valence electrons. The molecule has 0 spiro atoms. The van der Waals surface area contributed by atoms with Gasteiger partial charge in [0.1, 0.15) is 0 Å². The molecule has 0 saturated heterocycles. The summed E-state index contributed by atoms with van der Waals surface area (Å²) < 4.78 is 7.66. The highest BCUT2D eigenvalue weighted by atomic mass is 127. The summed E-state index contributed by atoms with van der Waals surface area (Å²) in [6.45, 7) is 0. The summed E-state index contributed by atoms with van der Waals surface area (Å²) >= 11 is 2.53. The monoisotopic (exact) mass is 322 g/mol.